The number of hydrogen-bond acceptors (Lipinski definition) is 3. The number of amides is 1. The van der Waals surface area contributed by atoms with Gasteiger partial charge < -0.3 is 15.4 Å². The molecule has 4 nitrogen and oxygen atoms in total. The van der Waals surface area contributed by atoms with E-state index in [9.17, 15) is 4.79 Å². The Balaban J connectivity index is 1.80. The maximum atomic E-state index is 10.9. The van der Waals surface area contributed by atoms with Crippen LogP contribution in [0.4, 0.5) is 11.4 Å². The van der Waals surface area contributed by atoms with E-state index in [1.807, 2.05) is 24.3 Å². The van der Waals surface area contributed by atoms with Gasteiger partial charge in [-0.15, -0.1) is 0 Å². The van der Waals surface area contributed by atoms with Gasteiger partial charge in [0.15, 0.2) is 0 Å². The second-order valence-electron chi connectivity index (χ2n) is 4.72. The third-order valence-electron chi connectivity index (χ3n) is 3.05. The number of rotatable bonds is 4. The maximum Gasteiger partial charge on any atom is 0.221 e. The second-order valence-corrected chi connectivity index (χ2v) is 4.72. The predicted molar refractivity (Wildman–Crippen MR) is 72.8 cm³/mol. The van der Waals surface area contributed by atoms with Crippen LogP contribution in [0.2, 0.25) is 0 Å². The number of carbonyl (C=O) groups excluding carboxylic acids is 1. The molecule has 1 fully saturated rings. The third kappa shape index (κ3) is 4.04. The summed E-state index contributed by atoms with van der Waals surface area (Å²) in [6.45, 7) is 4.22. The number of benzene rings is 1. The fourth-order valence-electron chi connectivity index (χ4n) is 2.11. The summed E-state index contributed by atoms with van der Waals surface area (Å²) in [5, 5.41) is 6.15. The molecule has 1 aromatic carbocycles. The minimum Gasteiger partial charge on any atom is -0.385 e. The number of hydrogen-bond donors (Lipinski definition) is 2. The molecule has 0 aromatic heterocycles. The van der Waals surface area contributed by atoms with Crippen LogP contribution >= 0.6 is 0 Å². The zero-order chi connectivity index (χ0) is 12.8. The Morgan fingerprint density at radius 1 is 1.33 bits per heavy atom. The zero-order valence-corrected chi connectivity index (χ0v) is 10.7. The van der Waals surface area contributed by atoms with E-state index in [0.717, 1.165) is 37.6 Å². The van der Waals surface area contributed by atoms with E-state index in [0.29, 0.717) is 5.92 Å². The molecule has 0 bridgehead atoms. The minimum atomic E-state index is -0.0462. The molecule has 1 saturated heterocycles. The monoisotopic (exact) mass is 248 g/mol. The van der Waals surface area contributed by atoms with Crippen molar-refractivity contribution in [3.05, 3.63) is 24.3 Å². The summed E-state index contributed by atoms with van der Waals surface area (Å²) in [6.07, 6.45) is 2.39. The van der Waals surface area contributed by atoms with Crippen LogP contribution < -0.4 is 10.6 Å². The summed E-state index contributed by atoms with van der Waals surface area (Å²) in [5.41, 5.74) is 1.91. The van der Waals surface area contributed by atoms with Crippen LogP contribution in [-0.4, -0.2) is 25.7 Å². The number of nitrogens with one attached hydrogen (secondary N) is 2. The molecule has 98 valence electrons. The topological polar surface area (TPSA) is 50.4 Å². The van der Waals surface area contributed by atoms with Crippen LogP contribution in [0.5, 0.6) is 0 Å². The van der Waals surface area contributed by atoms with Gasteiger partial charge in [-0.05, 0) is 43.0 Å². The lowest BCUT2D eigenvalue weighted by atomic mass is 10.0. The van der Waals surface area contributed by atoms with Crippen molar-refractivity contribution >= 4 is 17.3 Å². The molecule has 2 N–H and O–H groups in total. The van der Waals surface area contributed by atoms with Gasteiger partial charge in [-0.25, -0.2) is 0 Å². The van der Waals surface area contributed by atoms with Gasteiger partial charge in [-0.2, -0.15) is 0 Å². The van der Waals surface area contributed by atoms with Crippen LogP contribution in [0.25, 0.3) is 0 Å². The van der Waals surface area contributed by atoms with E-state index in [4.69, 9.17) is 4.74 Å². The first-order valence-corrected chi connectivity index (χ1v) is 6.43. The van der Waals surface area contributed by atoms with E-state index in [2.05, 4.69) is 10.6 Å². The van der Waals surface area contributed by atoms with Gasteiger partial charge in [0.1, 0.15) is 0 Å². The molecule has 0 aliphatic carbocycles. The third-order valence-corrected chi connectivity index (χ3v) is 3.05. The van der Waals surface area contributed by atoms with Gasteiger partial charge in [0.25, 0.3) is 0 Å². The fourth-order valence-corrected chi connectivity index (χ4v) is 2.11. The summed E-state index contributed by atoms with van der Waals surface area (Å²) in [5.74, 6) is 0.559. The van der Waals surface area contributed by atoms with Crippen LogP contribution in [0.3, 0.4) is 0 Å². The Hall–Kier alpha value is -1.55. The lowest BCUT2D eigenvalue weighted by Crippen LogP contribution is -2.24. The summed E-state index contributed by atoms with van der Waals surface area (Å²) >= 11 is 0. The molecular weight excluding hydrogens is 228 g/mol. The lowest BCUT2D eigenvalue weighted by molar-refractivity contribution is -0.114. The summed E-state index contributed by atoms with van der Waals surface area (Å²) in [6, 6.07) is 7.77. The van der Waals surface area contributed by atoms with Crippen LogP contribution in [-0.2, 0) is 9.53 Å². The highest BCUT2D eigenvalue weighted by Gasteiger charge is 2.13. The molecular formula is C14H20N2O2. The molecule has 0 saturated carbocycles. The maximum absolute atomic E-state index is 10.9. The van der Waals surface area contributed by atoms with Crippen LogP contribution in [0.1, 0.15) is 19.8 Å². The molecule has 1 unspecified atom stereocenters. The summed E-state index contributed by atoms with van der Waals surface area (Å²) < 4.78 is 5.45. The van der Waals surface area contributed by atoms with Crippen molar-refractivity contribution in [2.24, 2.45) is 5.92 Å². The second kappa shape index (κ2) is 6.40. The van der Waals surface area contributed by atoms with Crippen molar-refractivity contribution in [2.75, 3.05) is 30.4 Å². The minimum absolute atomic E-state index is 0.0462. The summed E-state index contributed by atoms with van der Waals surface area (Å²) in [4.78, 5) is 10.9. The van der Waals surface area contributed by atoms with E-state index in [1.165, 1.54) is 13.3 Å². The number of carbonyl (C=O) groups is 1. The van der Waals surface area contributed by atoms with Gasteiger partial charge in [0.05, 0.1) is 6.61 Å². The molecule has 1 atom stereocenters. The normalized spacial score (nSPS) is 19.3. The average Bonchev–Trinajstić information content (AvgIpc) is 2.38. The first-order chi connectivity index (χ1) is 8.74. The quantitative estimate of drug-likeness (QED) is 0.860. The first-order valence-electron chi connectivity index (χ1n) is 6.43. The van der Waals surface area contributed by atoms with E-state index in [-0.39, 0.29) is 5.91 Å². The molecule has 1 aliphatic heterocycles. The van der Waals surface area contributed by atoms with Crippen molar-refractivity contribution in [3.8, 4) is 0 Å². The van der Waals surface area contributed by atoms with Crippen LogP contribution in [0, 0.1) is 5.92 Å². The van der Waals surface area contributed by atoms with Gasteiger partial charge in [0, 0.05) is 31.5 Å². The van der Waals surface area contributed by atoms with Crippen molar-refractivity contribution in [1.29, 1.82) is 0 Å². The molecule has 1 amide bonds. The SMILES string of the molecule is CC(=O)Nc1ccc(NCC2CCCOC2)cc1. The van der Waals surface area contributed by atoms with E-state index < -0.39 is 0 Å². The Morgan fingerprint density at radius 3 is 2.67 bits per heavy atom. The van der Waals surface area contributed by atoms with Crippen molar-refractivity contribution in [2.45, 2.75) is 19.8 Å². The zero-order valence-electron chi connectivity index (χ0n) is 10.7. The summed E-state index contributed by atoms with van der Waals surface area (Å²) in [7, 11) is 0. The Labute approximate surface area is 108 Å². The Morgan fingerprint density at radius 2 is 2.06 bits per heavy atom. The highest BCUT2D eigenvalue weighted by Crippen LogP contribution is 2.17. The first kappa shape index (κ1) is 12.9. The molecule has 1 aliphatic rings. The number of ether oxygens (including phenoxy) is 1. The lowest BCUT2D eigenvalue weighted by Gasteiger charge is -2.22. The molecule has 1 aromatic rings. The van der Waals surface area contributed by atoms with E-state index >= 15 is 0 Å². The van der Waals surface area contributed by atoms with Crippen molar-refractivity contribution in [1.82, 2.24) is 0 Å². The van der Waals surface area contributed by atoms with Gasteiger partial charge >= 0.3 is 0 Å². The van der Waals surface area contributed by atoms with Crippen molar-refractivity contribution in [3.63, 3.8) is 0 Å². The van der Waals surface area contributed by atoms with Crippen LogP contribution in [0.15, 0.2) is 24.3 Å². The fraction of sp³-hybridized carbons (Fsp3) is 0.500. The molecule has 0 radical (unpaired) electrons. The highest BCUT2D eigenvalue weighted by atomic mass is 16.5. The molecule has 2 rings (SSSR count). The average molecular weight is 248 g/mol. The largest absolute Gasteiger partial charge is 0.385 e. The molecule has 1 heterocycles. The number of anilines is 2. The van der Waals surface area contributed by atoms with E-state index in [1.54, 1.807) is 0 Å². The smallest absolute Gasteiger partial charge is 0.221 e. The predicted octanol–water partition coefficient (Wildman–Crippen LogP) is 2.48. The molecule has 0 spiro atoms. The van der Waals surface area contributed by atoms with Gasteiger partial charge in [-0.3, -0.25) is 4.79 Å². The Kier molecular flexibility index (Phi) is 4.59. The highest BCUT2D eigenvalue weighted by molar-refractivity contribution is 5.88. The van der Waals surface area contributed by atoms with Gasteiger partial charge in [-0.1, -0.05) is 0 Å². The Bertz CT molecular complexity index is 383. The molecule has 4 heteroatoms. The van der Waals surface area contributed by atoms with Gasteiger partial charge in [0.2, 0.25) is 5.91 Å². The standard InChI is InChI=1S/C14H20N2O2/c1-11(17)16-14-6-4-13(5-7-14)15-9-12-3-2-8-18-10-12/h4-7,12,15H,2-3,8-10H2,1H3,(H,16,17). The molecule has 18 heavy (non-hydrogen) atoms. The van der Waals surface area contributed by atoms with Crippen molar-refractivity contribution < 1.29 is 9.53 Å².